The number of carbonyl (C=O) groups excluding carboxylic acids is 1. The number of fused-ring (bicyclic) bond motifs is 1. The third-order valence-corrected chi connectivity index (χ3v) is 6.54. The lowest BCUT2D eigenvalue weighted by molar-refractivity contribution is 0.0730. The van der Waals surface area contributed by atoms with Crippen LogP contribution in [0.25, 0.3) is 16.9 Å². The highest BCUT2D eigenvalue weighted by Crippen LogP contribution is 2.37. The van der Waals surface area contributed by atoms with Gasteiger partial charge in [0.2, 0.25) is 0 Å². The van der Waals surface area contributed by atoms with E-state index in [1.165, 1.54) is 19.3 Å². The molecule has 4 aromatic rings. The van der Waals surface area contributed by atoms with E-state index < -0.39 is 5.97 Å². The number of aromatic nitrogens is 2. The first kappa shape index (κ1) is 22.3. The minimum Gasteiger partial charge on any atom is -0.493 e. The summed E-state index contributed by atoms with van der Waals surface area (Å²) in [6, 6.07) is 18.7. The first-order valence-electron chi connectivity index (χ1n) is 11.5. The summed E-state index contributed by atoms with van der Waals surface area (Å²) in [7, 11) is 1.55. The molecule has 2 aromatic carbocycles. The van der Waals surface area contributed by atoms with Crippen LogP contribution in [0.4, 0.5) is 5.82 Å². The van der Waals surface area contributed by atoms with Gasteiger partial charge < -0.3 is 14.8 Å². The lowest BCUT2D eigenvalue weighted by atomic mass is 9.95. The predicted octanol–water partition coefficient (Wildman–Crippen LogP) is 6.63. The Morgan fingerprint density at radius 2 is 1.82 bits per heavy atom. The average Bonchev–Trinajstić information content (AvgIpc) is 3.23. The SMILES string of the molecule is COc1cc(-c2nc3ccccn3c2NC2CCCCC2)ccc1OC(=O)c1ccccc1Cl. The Labute approximate surface area is 203 Å². The number of esters is 1. The Kier molecular flexibility index (Phi) is 6.41. The van der Waals surface area contributed by atoms with Gasteiger partial charge in [0.05, 0.1) is 17.7 Å². The molecule has 1 aliphatic rings. The van der Waals surface area contributed by atoms with Crippen molar-refractivity contribution in [2.75, 3.05) is 12.4 Å². The molecule has 0 radical (unpaired) electrons. The Morgan fingerprint density at radius 1 is 1.03 bits per heavy atom. The molecule has 34 heavy (non-hydrogen) atoms. The predicted molar refractivity (Wildman–Crippen MR) is 134 cm³/mol. The first-order chi connectivity index (χ1) is 16.6. The van der Waals surface area contributed by atoms with Gasteiger partial charge in [-0.25, -0.2) is 9.78 Å². The van der Waals surface area contributed by atoms with Gasteiger partial charge in [0, 0.05) is 17.8 Å². The van der Waals surface area contributed by atoms with Gasteiger partial charge in [0.1, 0.15) is 17.2 Å². The molecule has 5 rings (SSSR count). The summed E-state index contributed by atoms with van der Waals surface area (Å²) in [6.45, 7) is 0. The van der Waals surface area contributed by atoms with Crippen molar-refractivity contribution in [3.63, 3.8) is 0 Å². The summed E-state index contributed by atoms with van der Waals surface area (Å²) < 4.78 is 13.3. The average molecular weight is 476 g/mol. The summed E-state index contributed by atoms with van der Waals surface area (Å²) in [6.07, 6.45) is 8.10. The molecule has 174 valence electrons. The number of benzene rings is 2. The molecule has 1 fully saturated rings. The van der Waals surface area contributed by atoms with Gasteiger partial charge >= 0.3 is 5.97 Å². The maximum absolute atomic E-state index is 12.7. The van der Waals surface area contributed by atoms with Crippen molar-refractivity contribution >= 4 is 29.0 Å². The van der Waals surface area contributed by atoms with Crippen LogP contribution in [0.15, 0.2) is 66.9 Å². The number of rotatable bonds is 6. The molecule has 1 aliphatic carbocycles. The molecule has 0 bridgehead atoms. The lowest BCUT2D eigenvalue weighted by Gasteiger charge is -2.24. The number of nitrogens with one attached hydrogen (secondary N) is 1. The third kappa shape index (κ3) is 4.46. The van der Waals surface area contributed by atoms with Crippen LogP contribution in [0.2, 0.25) is 5.02 Å². The van der Waals surface area contributed by atoms with Gasteiger partial charge in [-0.1, -0.05) is 49.1 Å². The number of halogens is 1. The van der Waals surface area contributed by atoms with E-state index in [1.54, 1.807) is 37.4 Å². The van der Waals surface area contributed by atoms with Crippen molar-refractivity contribution < 1.29 is 14.3 Å². The summed E-state index contributed by atoms with van der Waals surface area (Å²) in [5.41, 5.74) is 2.87. The Balaban J connectivity index is 1.49. The maximum Gasteiger partial charge on any atom is 0.345 e. The highest BCUT2D eigenvalue weighted by molar-refractivity contribution is 6.33. The minimum atomic E-state index is -0.538. The Hall–Kier alpha value is -3.51. The van der Waals surface area contributed by atoms with Crippen molar-refractivity contribution in [2.24, 2.45) is 0 Å². The van der Waals surface area contributed by atoms with Crippen LogP contribution in [0, 0.1) is 0 Å². The van der Waals surface area contributed by atoms with Crippen LogP contribution >= 0.6 is 11.6 Å². The number of imidazole rings is 1. The van der Waals surface area contributed by atoms with Gasteiger partial charge in [0.15, 0.2) is 11.5 Å². The quantitative estimate of drug-likeness (QED) is 0.250. The van der Waals surface area contributed by atoms with E-state index in [2.05, 4.69) is 9.72 Å². The molecule has 6 nitrogen and oxygen atoms in total. The molecule has 7 heteroatoms. The standard InChI is InChI=1S/C27H26ClN3O3/c1-33-23-17-18(14-15-22(23)34-27(32)20-11-5-6-12-21(20)28)25-26(29-19-9-3-2-4-10-19)31-16-8-7-13-24(31)30-25/h5-8,11-17,19,29H,2-4,9-10H2,1H3. The first-order valence-corrected chi connectivity index (χ1v) is 11.9. The molecule has 1 N–H and O–H groups in total. The molecular weight excluding hydrogens is 450 g/mol. The van der Waals surface area contributed by atoms with Crippen molar-refractivity contribution in [3.05, 3.63) is 77.4 Å². The summed E-state index contributed by atoms with van der Waals surface area (Å²) in [5.74, 6) is 1.19. The van der Waals surface area contributed by atoms with Gasteiger partial charge in [-0.2, -0.15) is 0 Å². The second-order valence-corrected chi connectivity index (χ2v) is 8.86. The monoisotopic (exact) mass is 475 g/mol. The molecule has 0 spiro atoms. The normalized spacial score (nSPS) is 14.2. The molecule has 0 atom stereocenters. The molecule has 0 aliphatic heterocycles. The number of nitrogens with zero attached hydrogens (tertiary/aromatic N) is 2. The number of ether oxygens (including phenoxy) is 2. The molecule has 2 aromatic heterocycles. The zero-order valence-electron chi connectivity index (χ0n) is 19.0. The summed E-state index contributed by atoms with van der Waals surface area (Å²) >= 11 is 6.15. The Morgan fingerprint density at radius 3 is 2.62 bits per heavy atom. The van der Waals surface area contributed by atoms with E-state index in [4.69, 9.17) is 26.1 Å². The highest BCUT2D eigenvalue weighted by atomic mass is 35.5. The number of hydrogen-bond donors (Lipinski definition) is 1. The molecule has 0 amide bonds. The fraction of sp³-hybridized carbons (Fsp3) is 0.259. The van der Waals surface area contributed by atoms with Gasteiger partial charge in [-0.05, 0) is 55.3 Å². The molecule has 1 saturated carbocycles. The van der Waals surface area contributed by atoms with Crippen LogP contribution in [0.3, 0.4) is 0 Å². The molecule has 0 saturated heterocycles. The van der Waals surface area contributed by atoms with Gasteiger partial charge in [0.25, 0.3) is 0 Å². The van der Waals surface area contributed by atoms with Crippen molar-refractivity contribution in [2.45, 2.75) is 38.1 Å². The maximum atomic E-state index is 12.7. The topological polar surface area (TPSA) is 64.9 Å². The number of pyridine rings is 1. The molecule has 0 unspecified atom stereocenters. The van der Waals surface area contributed by atoms with E-state index >= 15 is 0 Å². The second kappa shape index (κ2) is 9.77. The van der Waals surface area contributed by atoms with Crippen LogP contribution < -0.4 is 14.8 Å². The second-order valence-electron chi connectivity index (χ2n) is 8.45. The fourth-order valence-corrected chi connectivity index (χ4v) is 4.67. The van der Waals surface area contributed by atoms with Crippen LogP contribution in [0.1, 0.15) is 42.5 Å². The van der Waals surface area contributed by atoms with Gasteiger partial charge in [-0.3, -0.25) is 4.40 Å². The summed E-state index contributed by atoms with van der Waals surface area (Å²) in [5, 5.41) is 4.08. The van der Waals surface area contributed by atoms with E-state index in [1.807, 2.05) is 36.5 Å². The van der Waals surface area contributed by atoms with Crippen molar-refractivity contribution in [3.8, 4) is 22.8 Å². The third-order valence-electron chi connectivity index (χ3n) is 6.21. The number of methoxy groups -OCH3 is 1. The van der Waals surface area contributed by atoms with E-state index in [0.717, 1.165) is 35.6 Å². The number of carbonyl (C=O) groups is 1. The van der Waals surface area contributed by atoms with E-state index in [9.17, 15) is 4.79 Å². The highest BCUT2D eigenvalue weighted by Gasteiger charge is 2.21. The van der Waals surface area contributed by atoms with E-state index in [-0.39, 0.29) is 0 Å². The minimum absolute atomic E-state index is 0.301. The zero-order valence-corrected chi connectivity index (χ0v) is 19.7. The van der Waals surface area contributed by atoms with Gasteiger partial charge in [-0.15, -0.1) is 0 Å². The number of anilines is 1. The number of hydrogen-bond acceptors (Lipinski definition) is 5. The van der Waals surface area contributed by atoms with Crippen molar-refractivity contribution in [1.29, 1.82) is 0 Å². The molecular formula is C27H26ClN3O3. The van der Waals surface area contributed by atoms with Crippen molar-refractivity contribution in [1.82, 2.24) is 9.38 Å². The lowest BCUT2D eigenvalue weighted by Crippen LogP contribution is -2.23. The van der Waals surface area contributed by atoms with Crippen LogP contribution in [-0.2, 0) is 0 Å². The smallest absolute Gasteiger partial charge is 0.345 e. The van der Waals surface area contributed by atoms with E-state index in [0.29, 0.717) is 28.1 Å². The van der Waals surface area contributed by atoms with Crippen LogP contribution in [-0.4, -0.2) is 28.5 Å². The zero-order chi connectivity index (χ0) is 23.5. The largest absolute Gasteiger partial charge is 0.493 e. The molecule has 2 heterocycles. The van der Waals surface area contributed by atoms with Crippen LogP contribution in [0.5, 0.6) is 11.5 Å². The fourth-order valence-electron chi connectivity index (χ4n) is 4.46. The summed E-state index contributed by atoms with van der Waals surface area (Å²) in [4.78, 5) is 17.6. The Bertz CT molecular complexity index is 1330.